The van der Waals surface area contributed by atoms with E-state index in [4.69, 9.17) is 5.11 Å². The number of hydrazine groups is 1. The average Bonchev–Trinajstić information content (AvgIpc) is 2.66. The molecule has 0 saturated heterocycles. The van der Waals surface area contributed by atoms with Crippen LogP contribution in [0.25, 0.3) is 0 Å². The van der Waals surface area contributed by atoms with Gasteiger partial charge < -0.3 is 15.2 Å². The van der Waals surface area contributed by atoms with Crippen molar-refractivity contribution in [3.63, 3.8) is 0 Å². The van der Waals surface area contributed by atoms with Gasteiger partial charge in [0.2, 0.25) is 0 Å². The Hall–Kier alpha value is -3.88. The summed E-state index contributed by atoms with van der Waals surface area (Å²) in [5.74, 6) is -1.53. The standard InChI is InChI=1S/C17H15N3O6/c1-26-16(23)12-4-2-10(3-5-12)14(21)18-13-8-6-11(7-9-13)15(22)19-20-17(24)25/h2-9,20H,1H3,(H,18,21)(H,19,22)(H,24,25). The molecule has 2 aromatic carbocycles. The molecule has 0 saturated carbocycles. The highest BCUT2D eigenvalue weighted by atomic mass is 16.5. The van der Waals surface area contributed by atoms with Crippen molar-refractivity contribution < 1.29 is 29.0 Å². The van der Waals surface area contributed by atoms with Crippen LogP contribution in [0, 0.1) is 0 Å². The predicted molar refractivity (Wildman–Crippen MR) is 90.8 cm³/mol. The summed E-state index contributed by atoms with van der Waals surface area (Å²) in [7, 11) is 1.27. The summed E-state index contributed by atoms with van der Waals surface area (Å²) in [5, 5.41) is 11.1. The van der Waals surface area contributed by atoms with E-state index in [2.05, 4.69) is 10.1 Å². The lowest BCUT2D eigenvalue weighted by molar-refractivity contribution is 0.0600. The van der Waals surface area contributed by atoms with Crippen molar-refractivity contribution in [3.05, 3.63) is 65.2 Å². The van der Waals surface area contributed by atoms with Crippen LogP contribution in [0.4, 0.5) is 10.5 Å². The highest BCUT2D eigenvalue weighted by Gasteiger charge is 2.10. The maximum Gasteiger partial charge on any atom is 0.423 e. The van der Waals surface area contributed by atoms with E-state index in [0.717, 1.165) is 0 Å². The Morgan fingerprint density at radius 2 is 1.27 bits per heavy atom. The van der Waals surface area contributed by atoms with Crippen LogP contribution in [0.5, 0.6) is 0 Å². The molecule has 0 aliphatic carbocycles. The smallest absolute Gasteiger partial charge is 0.423 e. The number of esters is 1. The van der Waals surface area contributed by atoms with Crippen LogP contribution in [0.1, 0.15) is 31.1 Å². The molecule has 0 unspecified atom stereocenters. The van der Waals surface area contributed by atoms with Crippen LogP contribution in [0.2, 0.25) is 0 Å². The second kappa shape index (κ2) is 8.29. The van der Waals surface area contributed by atoms with Gasteiger partial charge in [-0.2, -0.15) is 0 Å². The fourth-order valence-corrected chi connectivity index (χ4v) is 1.97. The Morgan fingerprint density at radius 3 is 1.81 bits per heavy atom. The Bertz CT molecular complexity index is 831. The number of hydrogen-bond donors (Lipinski definition) is 4. The zero-order valence-corrected chi connectivity index (χ0v) is 13.6. The molecule has 0 atom stereocenters. The maximum absolute atomic E-state index is 12.2. The molecule has 134 valence electrons. The summed E-state index contributed by atoms with van der Waals surface area (Å²) >= 11 is 0. The van der Waals surface area contributed by atoms with Gasteiger partial charge in [0.15, 0.2) is 0 Å². The summed E-state index contributed by atoms with van der Waals surface area (Å²) in [6.45, 7) is 0. The van der Waals surface area contributed by atoms with Crippen LogP contribution >= 0.6 is 0 Å². The van der Waals surface area contributed by atoms with Crippen LogP contribution in [0.3, 0.4) is 0 Å². The normalized spacial score (nSPS) is 9.73. The molecule has 0 aromatic heterocycles. The third-order valence-corrected chi connectivity index (χ3v) is 3.26. The fraction of sp³-hybridized carbons (Fsp3) is 0.0588. The van der Waals surface area contributed by atoms with Crippen molar-refractivity contribution in [2.24, 2.45) is 0 Å². The van der Waals surface area contributed by atoms with Crippen LogP contribution in [0.15, 0.2) is 48.5 Å². The topological polar surface area (TPSA) is 134 Å². The van der Waals surface area contributed by atoms with E-state index in [9.17, 15) is 19.2 Å². The van der Waals surface area contributed by atoms with Gasteiger partial charge in [-0.25, -0.2) is 15.0 Å². The molecule has 0 fully saturated rings. The first kappa shape index (κ1) is 18.5. The number of nitrogens with one attached hydrogen (secondary N) is 3. The third kappa shape index (κ3) is 4.81. The lowest BCUT2D eigenvalue weighted by atomic mass is 10.1. The summed E-state index contributed by atoms with van der Waals surface area (Å²) in [6, 6.07) is 11.8. The number of carbonyl (C=O) groups is 4. The van der Waals surface area contributed by atoms with Crippen LogP contribution < -0.4 is 16.2 Å². The third-order valence-electron chi connectivity index (χ3n) is 3.26. The van der Waals surface area contributed by atoms with Gasteiger partial charge in [0.25, 0.3) is 11.8 Å². The van der Waals surface area contributed by atoms with E-state index in [1.807, 2.05) is 5.43 Å². The molecule has 26 heavy (non-hydrogen) atoms. The summed E-state index contributed by atoms with van der Waals surface area (Å²) in [4.78, 5) is 45.5. The lowest BCUT2D eigenvalue weighted by Crippen LogP contribution is -2.40. The fourth-order valence-electron chi connectivity index (χ4n) is 1.97. The molecule has 0 heterocycles. The molecule has 0 aliphatic rings. The number of anilines is 1. The SMILES string of the molecule is COC(=O)c1ccc(C(=O)Nc2ccc(C(=O)NNC(=O)O)cc2)cc1. The minimum absolute atomic E-state index is 0.208. The summed E-state index contributed by atoms with van der Waals surface area (Å²) in [5.41, 5.74) is 5.05. The number of amides is 3. The van der Waals surface area contributed by atoms with Gasteiger partial charge in [-0.05, 0) is 48.5 Å². The zero-order chi connectivity index (χ0) is 19.1. The summed E-state index contributed by atoms with van der Waals surface area (Å²) in [6.07, 6.45) is -1.39. The number of ether oxygens (including phenoxy) is 1. The van der Waals surface area contributed by atoms with Crippen molar-refractivity contribution in [3.8, 4) is 0 Å². The van der Waals surface area contributed by atoms with Crippen LogP contribution in [-0.2, 0) is 4.74 Å². The maximum atomic E-state index is 12.2. The molecule has 4 N–H and O–H groups in total. The Kier molecular flexibility index (Phi) is 5.88. The van der Waals surface area contributed by atoms with E-state index in [0.29, 0.717) is 16.8 Å². The van der Waals surface area contributed by atoms with Crippen molar-refractivity contribution in [2.75, 3.05) is 12.4 Å². The number of carboxylic acid groups (broad SMARTS) is 1. The molecule has 9 nitrogen and oxygen atoms in total. The molecule has 2 rings (SSSR count). The molecular weight excluding hydrogens is 342 g/mol. The number of benzene rings is 2. The highest BCUT2D eigenvalue weighted by Crippen LogP contribution is 2.12. The van der Waals surface area contributed by atoms with E-state index in [1.54, 1.807) is 5.43 Å². The summed E-state index contributed by atoms with van der Waals surface area (Å²) < 4.78 is 4.58. The Morgan fingerprint density at radius 1 is 0.769 bits per heavy atom. The van der Waals surface area contributed by atoms with Crippen molar-refractivity contribution in [1.82, 2.24) is 10.9 Å². The van der Waals surface area contributed by atoms with E-state index in [1.165, 1.54) is 55.6 Å². The van der Waals surface area contributed by atoms with Gasteiger partial charge in [-0.15, -0.1) is 0 Å². The quantitative estimate of drug-likeness (QED) is 0.485. The average molecular weight is 357 g/mol. The second-order valence-electron chi connectivity index (χ2n) is 4.98. The minimum atomic E-state index is -1.39. The first-order valence-electron chi connectivity index (χ1n) is 7.30. The second-order valence-corrected chi connectivity index (χ2v) is 4.98. The highest BCUT2D eigenvalue weighted by molar-refractivity contribution is 6.05. The van der Waals surface area contributed by atoms with E-state index in [-0.39, 0.29) is 5.56 Å². The Balaban J connectivity index is 1.99. The number of methoxy groups -OCH3 is 1. The molecule has 0 aliphatic heterocycles. The molecule has 9 heteroatoms. The number of rotatable bonds is 4. The van der Waals surface area contributed by atoms with Gasteiger partial charge in [0.1, 0.15) is 0 Å². The molecule has 0 radical (unpaired) electrons. The lowest BCUT2D eigenvalue weighted by Gasteiger charge is -2.08. The predicted octanol–water partition coefficient (Wildman–Crippen LogP) is 1.64. The largest absolute Gasteiger partial charge is 0.465 e. The van der Waals surface area contributed by atoms with Gasteiger partial charge in [0, 0.05) is 16.8 Å². The molecular formula is C17H15N3O6. The van der Waals surface area contributed by atoms with Gasteiger partial charge in [-0.3, -0.25) is 15.0 Å². The molecule has 2 aromatic rings. The molecule has 0 bridgehead atoms. The van der Waals surface area contributed by atoms with E-state index < -0.39 is 23.9 Å². The molecule has 3 amide bonds. The van der Waals surface area contributed by atoms with Crippen LogP contribution in [-0.4, -0.2) is 36.1 Å². The Labute approximate surface area is 147 Å². The minimum Gasteiger partial charge on any atom is -0.465 e. The van der Waals surface area contributed by atoms with Crippen molar-refractivity contribution >= 4 is 29.6 Å². The monoisotopic (exact) mass is 357 g/mol. The van der Waals surface area contributed by atoms with Gasteiger partial charge >= 0.3 is 12.1 Å². The van der Waals surface area contributed by atoms with Crippen molar-refractivity contribution in [2.45, 2.75) is 0 Å². The van der Waals surface area contributed by atoms with E-state index >= 15 is 0 Å². The number of carbonyl (C=O) groups excluding carboxylic acids is 3. The van der Waals surface area contributed by atoms with Gasteiger partial charge in [0.05, 0.1) is 12.7 Å². The first-order chi connectivity index (χ1) is 12.4. The molecule has 0 spiro atoms. The number of hydrogen-bond acceptors (Lipinski definition) is 5. The zero-order valence-electron chi connectivity index (χ0n) is 13.6. The first-order valence-corrected chi connectivity index (χ1v) is 7.30. The van der Waals surface area contributed by atoms with Gasteiger partial charge in [-0.1, -0.05) is 0 Å². The van der Waals surface area contributed by atoms with Crippen molar-refractivity contribution in [1.29, 1.82) is 0 Å².